The molecular weight excluding hydrogens is 721 g/mol. The van der Waals surface area contributed by atoms with E-state index in [1.54, 1.807) is 6.92 Å². The van der Waals surface area contributed by atoms with E-state index in [2.05, 4.69) is 0 Å². The Morgan fingerprint density at radius 3 is 1.90 bits per heavy atom. The molecule has 51 heavy (non-hydrogen) atoms. The topological polar surface area (TPSA) is 149 Å². The Bertz CT molecular complexity index is 1250. The number of amides is 1. The zero-order chi connectivity index (χ0) is 37.8. The van der Waals surface area contributed by atoms with Gasteiger partial charge in [-0.1, -0.05) is 78.3 Å². The number of nitrogens with zero attached hydrogens (tertiary/aromatic N) is 1. The number of carbonyl (C=O) groups excluding carboxylic acids is 7. The van der Waals surface area contributed by atoms with Gasteiger partial charge in [-0.05, 0) is 62.5 Å². The van der Waals surface area contributed by atoms with Gasteiger partial charge in [0.2, 0.25) is 5.91 Å². The molecule has 0 spiro atoms. The molecule has 1 rings (SSSR count). The van der Waals surface area contributed by atoms with Crippen LogP contribution in [0.15, 0.2) is 30.3 Å². The Hall–Kier alpha value is -2.23. The molecule has 0 aliphatic carbocycles. The van der Waals surface area contributed by atoms with Crippen molar-refractivity contribution in [1.82, 2.24) is 4.90 Å². The van der Waals surface area contributed by atoms with E-state index in [9.17, 15) is 33.6 Å². The maximum Gasteiger partial charge on any atom is 0.226 e. The van der Waals surface area contributed by atoms with E-state index < -0.39 is 29.6 Å². The van der Waals surface area contributed by atoms with Crippen molar-refractivity contribution >= 4 is 41.1 Å². The zero-order valence-electron chi connectivity index (χ0n) is 32.3. The van der Waals surface area contributed by atoms with Crippen LogP contribution in [0.3, 0.4) is 0 Å². The number of rotatable bonds is 28. The van der Waals surface area contributed by atoms with E-state index in [0.717, 1.165) is 18.4 Å². The summed E-state index contributed by atoms with van der Waals surface area (Å²) in [6, 6.07) is 9.35. The first-order chi connectivity index (χ1) is 23.6. The molecule has 0 aromatic heterocycles. The first-order valence-electron chi connectivity index (χ1n) is 18.6. The van der Waals surface area contributed by atoms with Crippen LogP contribution in [0.25, 0.3) is 0 Å². The molecule has 0 saturated carbocycles. The summed E-state index contributed by atoms with van der Waals surface area (Å²) < 4.78 is 0. The van der Waals surface area contributed by atoms with E-state index in [0.29, 0.717) is 38.6 Å². The predicted octanol–water partition coefficient (Wildman–Crippen LogP) is 6.32. The number of hydrogen-bond donors (Lipinski definition) is 1. The van der Waals surface area contributed by atoms with Crippen LogP contribution >= 0.6 is 0 Å². The fraction of sp³-hybridized carbons (Fsp3) is 0.683. The Morgan fingerprint density at radius 1 is 0.765 bits per heavy atom. The van der Waals surface area contributed by atoms with Gasteiger partial charge in [-0.15, -0.1) is 5.92 Å². The summed E-state index contributed by atoms with van der Waals surface area (Å²) in [6.45, 7) is 11.6. The van der Waals surface area contributed by atoms with Crippen LogP contribution in [0.5, 0.6) is 0 Å². The second-order valence-corrected chi connectivity index (χ2v) is 15.0. The number of benzene rings is 1. The summed E-state index contributed by atoms with van der Waals surface area (Å²) in [6.07, 6.45) is 5.95. The maximum absolute atomic E-state index is 13.9. The van der Waals surface area contributed by atoms with Crippen LogP contribution < -0.4 is 5.73 Å². The van der Waals surface area contributed by atoms with Crippen LogP contribution in [0, 0.1) is 41.4 Å². The minimum absolute atomic E-state index is 0. The second kappa shape index (κ2) is 26.5. The maximum atomic E-state index is 13.9. The zero-order valence-corrected chi connectivity index (χ0v) is 35.1. The first-order valence-corrected chi connectivity index (χ1v) is 18.6. The first kappa shape index (κ1) is 48.8. The monoisotopic (exact) mass is 784 g/mol. The van der Waals surface area contributed by atoms with Gasteiger partial charge in [0, 0.05) is 95.5 Å². The van der Waals surface area contributed by atoms with Gasteiger partial charge >= 0.3 is 0 Å². The van der Waals surface area contributed by atoms with Gasteiger partial charge in [-0.3, -0.25) is 35.1 Å². The molecule has 283 valence electrons. The molecule has 10 heteroatoms. The Kier molecular flexibility index (Phi) is 25.4. The van der Waals surface area contributed by atoms with Crippen LogP contribution in [-0.2, 0) is 72.7 Å². The van der Waals surface area contributed by atoms with E-state index in [1.165, 1.54) is 11.9 Å². The molecule has 1 amide bonds. The summed E-state index contributed by atoms with van der Waals surface area (Å²) in [5.41, 5.74) is 6.56. The van der Waals surface area contributed by atoms with Crippen molar-refractivity contribution in [2.24, 2.45) is 47.2 Å². The number of ketones is 5. The smallest absolute Gasteiger partial charge is 0.226 e. The molecule has 9 nitrogen and oxygen atoms in total. The van der Waals surface area contributed by atoms with Crippen molar-refractivity contribution in [3.05, 3.63) is 35.9 Å². The molecule has 0 bridgehead atoms. The third-order valence-corrected chi connectivity index (χ3v) is 9.42. The Balaban J connectivity index is 0.0000250. The molecule has 5 atom stereocenters. The van der Waals surface area contributed by atoms with Gasteiger partial charge in [-0.25, -0.2) is 0 Å². The fourth-order valence-corrected chi connectivity index (χ4v) is 6.54. The fourth-order valence-electron chi connectivity index (χ4n) is 6.54. The van der Waals surface area contributed by atoms with Crippen LogP contribution in [0.2, 0.25) is 0 Å². The van der Waals surface area contributed by atoms with Crippen molar-refractivity contribution < 1.29 is 66.3 Å². The quantitative estimate of drug-likeness (QED) is 0.0767. The van der Waals surface area contributed by atoms with Crippen molar-refractivity contribution in [3.63, 3.8) is 0 Å². The SMILES string of the molecule is CCCC(=O)CC(CCCCN)C(=O)CC(CC(C)C)C(=O)CC(C(=O)N(C)CC(=O)CC(Cc1ccccc1)C(=O)CC(C)[C-]=O)C(C)C.[Y]. The number of likely N-dealkylation sites (N-methyl/N-ethyl adjacent to an activating group) is 1. The van der Waals surface area contributed by atoms with Crippen LogP contribution in [0.4, 0.5) is 0 Å². The molecule has 0 saturated heterocycles. The molecule has 1 radical (unpaired) electrons. The molecule has 0 aliphatic rings. The second-order valence-electron chi connectivity index (χ2n) is 15.0. The summed E-state index contributed by atoms with van der Waals surface area (Å²) in [7, 11) is 1.53. The Morgan fingerprint density at radius 2 is 1.35 bits per heavy atom. The third-order valence-electron chi connectivity index (χ3n) is 9.42. The summed E-state index contributed by atoms with van der Waals surface area (Å²) in [5, 5.41) is 0. The largest absolute Gasteiger partial charge is 0.542 e. The molecule has 5 unspecified atom stereocenters. The third kappa shape index (κ3) is 19.4. The minimum Gasteiger partial charge on any atom is -0.542 e. The molecule has 1 aromatic rings. The normalized spacial score (nSPS) is 14.2. The van der Waals surface area contributed by atoms with Gasteiger partial charge in [0.15, 0.2) is 5.78 Å². The number of Topliss-reactive ketones (excluding diaryl/α,β-unsaturated/α-hetero) is 5. The minimum atomic E-state index is -0.692. The average Bonchev–Trinajstić information content (AvgIpc) is 3.05. The van der Waals surface area contributed by atoms with E-state index >= 15 is 0 Å². The van der Waals surface area contributed by atoms with Gasteiger partial charge in [0.1, 0.15) is 23.1 Å². The van der Waals surface area contributed by atoms with Gasteiger partial charge < -0.3 is 15.4 Å². The van der Waals surface area contributed by atoms with Crippen molar-refractivity contribution in [1.29, 1.82) is 0 Å². The van der Waals surface area contributed by atoms with E-state index in [4.69, 9.17) is 5.73 Å². The van der Waals surface area contributed by atoms with Crippen LogP contribution in [0.1, 0.15) is 118 Å². The number of unbranched alkanes of at least 4 members (excludes halogenated alkanes) is 1. The van der Waals surface area contributed by atoms with Gasteiger partial charge in [0.05, 0.1) is 6.54 Å². The molecule has 0 aliphatic heterocycles. The van der Waals surface area contributed by atoms with Gasteiger partial charge in [0.25, 0.3) is 0 Å². The number of carbonyl (C=O) groups is 6. The van der Waals surface area contributed by atoms with Crippen molar-refractivity contribution in [3.8, 4) is 0 Å². The van der Waals surface area contributed by atoms with Crippen LogP contribution in [-0.4, -0.2) is 66.1 Å². The Labute approximate surface area is 332 Å². The summed E-state index contributed by atoms with van der Waals surface area (Å²) in [5.74, 6) is -4.00. The molecule has 0 heterocycles. The van der Waals surface area contributed by atoms with Crippen molar-refractivity contribution in [2.75, 3.05) is 20.1 Å². The predicted molar refractivity (Wildman–Crippen MR) is 197 cm³/mol. The van der Waals surface area contributed by atoms with Crippen molar-refractivity contribution in [2.45, 2.75) is 119 Å². The molecule has 2 N–H and O–H groups in total. The van der Waals surface area contributed by atoms with E-state index in [1.807, 2.05) is 71.2 Å². The number of hydrogen-bond acceptors (Lipinski definition) is 8. The summed E-state index contributed by atoms with van der Waals surface area (Å²) in [4.78, 5) is 92.5. The van der Waals surface area contributed by atoms with E-state index in [-0.39, 0.29) is 118 Å². The molecule has 0 fully saturated rings. The number of nitrogens with two attached hydrogens (primary N) is 1. The summed E-state index contributed by atoms with van der Waals surface area (Å²) >= 11 is 0. The average molecular weight is 785 g/mol. The molecule has 1 aromatic carbocycles. The standard InChI is InChI=1S/C41H63N2O7.Y/c1-8-14-35(45)22-32(17-12-13-18-42)39(48)24-33(19-28(2)3)40(49)25-37(29(4)5)41(50)43(7)26-36(46)23-34(38(47)20-30(6)27-44)21-31-15-10-9-11-16-31;/h9-11,15-16,28-30,32-34,37H,8,12-14,17-26,42H2,1-7H3;/q-1;. The van der Waals surface area contributed by atoms with Gasteiger partial charge in [-0.2, -0.15) is 0 Å². The molecular formula is C41H63N2O7Y-.